The minimum absolute atomic E-state index is 0.0144. The number of aliphatic hydroxyl groups is 1. The first-order valence-electron chi connectivity index (χ1n) is 20.2. The van der Waals surface area contributed by atoms with E-state index in [4.69, 9.17) is 9.05 Å². The summed E-state index contributed by atoms with van der Waals surface area (Å²) in [5.41, 5.74) is 0. The van der Waals surface area contributed by atoms with Gasteiger partial charge in [0.15, 0.2) is 0 Å². The molecule has 2 N–H and O–H groups in total. The molecule has 0 rings (SSSR count). The van der Waals surface area contributed by atoms with E-state index in [1.165, 1.54) is 51.4 Å². The Bertz CT molecular complexity index is 1020. The van der Waals surface area contributed by atoms with Gasteiger partial charge in [0.05, 0.1) is 39.9 Å². The first kappa shape index (κ1) is 49.2. The summed E-state index contributed by atoms with van der Waals surface area (Å²) in [6.45, 7) is 4.50. The van der Waals surface area contributed by atoms with Crippen molar-refractivity contribution < 1.29 is 32.9 Å². The monoisotopic (exact) mass is 737 g/mol. The van der Waals surface area contributed by atoms with Crippen LogP contribution in [-0.2, 0) is 18.4 Å². The molecular formula is C42H77N2O6P. The van der Waals surface area contributed by atoms with Crippen LogP contribution in [0.3, 0.4) is 0 Å². The van der Waals surface area contributed by atoms with Crippen molar-refractivity contribution in [3.8, 4) is 0 Å². The lowest BCUT2D eigenvalue weighted by molar-refractivity contribution is -0.870. The fraction of sp³-hybridized carbons (Fsp3) is 0.738. The van der Waals surface area contributed by atoms with Gasteiger partial charge in [0.25, 0.3) is 7.82 Å². The Morgan fingerprint density at radius 2 is 1.20 bits per heavy atom. The molecule has 0 spiro atoms. The van der Waals surface area contributed by atoms with Gasteiger partial charge in [0.1, 0.15) is 13.2 Å². The lowest BCUT2D eigenvalue weighted by Gasteiger charge is -2.29. The van der Waals surface area contributed by atoms with Crippen LogP contribution in [0.4, 0.5) is 0 Å². The number of hydrogen-bond acceptors (Lipinski definition) is 6. The Morgan fingerprint density at radius 3 is 1.78 bits per heavy atom. The van der Waals surface area contributed by atoms with Crippen molar-refractivity contribution in [1.82, 2.24) is 5.32 Å². The quantitative estimate of drug-likeness (QED) is 0.0290. The molecule has 0 heterocycles. The Kier molecular flexibility index (Phi) is 32.8. The van der Waals surface area contributed by atoms with Crippen molar-refractivity contribution in [2.45, 2.75) is 161 Å². The van der Waals surface area contributed by atoms with Gasteiger partial charge in [-0.15, -0.1) is 0 Å². The summed E-state index contributed by atoms with van der Waals surface area (Å²) in [4.78, 5) is 25.2. The van der Waals surface area contributed by atoms with E-state index in [-0.39, 0.29) is 12.5 Å². The Balaban J connectivity index is 4.63. The number of quaternary nitrogens is 1. The largest absolute Gasteiger partial charge is 0.756 e. The number of unbranched alkanes of at least 4 members (excludes halogenated alkanes) is 14. The van der Waals surface area contributed by atoms with E-state index in [9.17, 15) is 19.4 Å². The normalized spacial score (nSPS) is 15.2. The predicted octanol–water partition coefficient (Wildman–Crippen LogP) is 10.1. The molecule has 0 radical (unpaired) electrons. The second-order valence-electron chi connectivity index (χ2n) is 14.6. The molecule has 296 valence electrons. The van der Waals surface area contributed by atoms with E-state index in [1.54, 1.807) is 6.08 Å². The van der Waals surface area contributed by atoms with Crippen molar-refractivity contribution in [3.05, 3.63) is 60.8 Å². The van der Waals surface area contributed by atoms with Crippen molar-refractivity contribution in [1.29, 1.82) is 0 Å². The Labute approximate surface area is 313 Å². The molecule has 0 saturated carbocycles. The zero-order valence-corrected chi connectivity index (χ0v) is 34.2. The highest BCUT2D eigenvalue weighted by Crippen LogP contribution is 2.38. The molecule has 0 aliphatic rings. The molecule has 0 fully saturated rings. The molecule has 51 heavy (non-hydrogen) atoms. The third-order valence-electron chi connectivity index (χ3n) is 8.41. The van der Waals surface area contributed by atoms with E-state index in [0.29, 0.717) is 17.4 Å². The zero-order chi connectivity index (χ0) is 37.9. The van der Waals surface area contributed by atoms with Crippen LogP contribution < -0.4 is 10.2 Å². The SMILES string of the molecule is CCC/C=C\C/C=C\CCCCCCCC(=O)NC(COP(=O)([O-])OCC[N+](C)(C)C)C(O)/C=C/CC/C=C/CC/C=C/CCCCCCCC. The summed E-state index contributed by atoms with van der Waals surface area (Å²) < 4.78 is 23.1. The van der Waals surface area contributed by atoms with Crippen LogP contribution in [0.1, 0.15) is 149 Å². The van der Waals surface area contributed by atoms with Crippen LogP contribution in [0.15, 0.2) is 60.8 Å². The third-order valence-corrected chi connectivity index (χ3v) is 9.37. The maximum absolute atomic E-state index is 12.8. The molecule has 0 bridgehead atoms. The second kappa shape index (κ2) is 34.0. The van der Waals surface area contributed by atoms with Crippen LogP contribution in [0.25, 0.3) is 0 Å². The molecule has 0 saturated heterocycles. The number of likely N-dealkylation sites (N-methyl/N-ethyl adjacent to an activating group) is 1. The maximum Gasteiger partial charge on any atom is 0.268 e. The Hall–Kier alpha value is -1.80. The molecule has 0 aromatic rings. The van der Waals surface area contributed by atoms with Gasteiger partial charge in [-0.2, -0.15) is 0 Å². The fourth-order valence-electron chi connectivity index (χ4n) is 5.16. The first-order chi connectivity index (χ1) is 24.5. The van der Waals surface area contributed by atoms with Crippen LogP contribution in [-0.4, -0.2) is 68.5 Å². The number of nitrogens with one attached hydrogen (secondary N) is 1. The lowest BCUT2D eigenvalue weighted by Crippen LogP contribution is -2.45. The average Bonchev–Trinajstić information content (AvgIpc) is 3.07. The minimum atomic E-state index is -4.60. The molecule has 9 heteroatoms. The van der Waals surface area contributed by atoms with Gasteiger partial charge in [-0.05, 0) is 70.6 Å². The minimum Gasteiger partial charge on any atom is -0.756 e. The number of carbonyl (C=O) groups is 1. The van der Waals surface area contributed by atoms with E-state index < -0.39 is 26.6 Å². The number of nitrogens with zero attached hydrogens (tertiary/aromatic N) is 1. The van der Waals surface area contributed by atoms with Gasteiger partial charge < -0.3 is 28.8 Å². The van der Waals surface area contributed by atoms with Crippen molar-refractivity contribution in [2.24, 2.45) is 0 Å². The standard InChI is InChI=1S/C42H77N2O6P/c1-6-8-10-12-14-16-18-20-21-22-24-25-27-29-31-33-35-41(45)40(39-50-51(47,48)49-38-37-44(3,4)5)43-42(46)36-34-32-30-28-26-23-19-17-15-13-11-9-7-2/h11,13,17,19-21,25,27,33,35,40-41,45H,6-10,12,14-16,18,22-24,26,28-32,34,36-39H2,1-5H3,(H-,43,46,47,48)/b13-11-,19-17-,21-20+,27-25+,35-33+. The highest BCUT2D eigenvalue weighted by atomic mass is 31.2. The lowest BCUT2D eigenvalue weighted by atomic mass is 10.1. The van der Waals surface area contributed by atoms with Crippen LogP contribution in [0.2, 0.25) is 0 Å². The highest BCUT2D eigenvalue weighted by Gasteiger charge is 2.23. The maximum atomic E-state index is 12.8. The number of rotatable bonds is 35. The molecular weight excluding hydrogens is 659 g/mol. The van der Waals surface area contributed by atoms with Crippen molar-refractivity contribution >= 4 is 13.7 Å². The van der Waals surface area contributed by atoms with Gasteiger partial charge in [0.2, 0.25) is 5.91 Å². The summed E-state index contributed by atoms with van der Waals surface area (Å²) in [6, 6.07) is -0.916. The molecule has 1 amide bonds. The van der Waals surface area contributed by atoms with E-state index in [2.05, 4.69) is 67.8 Å². The van der Waals surface area contributed by atoms with Crippen molar-refractivity contribution in [3.63, 3.8) is 0 Å². The van der Waals surface area contributed by atoms with Crippen LogP contribution >= 0.6 is 7.82 Å². The van der Waals surface area contributed by atoms with Gasteiger partial charge in [-0.25, -0.2) is 0 Å². The number of phosphoric ester groups is 1. The molecule has 0 aliphatic carbocycles. The second-order valence-corrected chi connectivity index (χ2v) is 16.0. The van der Waals surface area contributed by atoms with Crippen LogP contribution in [0.5, 0.6) is 0 Å². The fourth-order valence-corrected chi connectivity index (χ4v) is 5.88. The van der Waals surface area contributed by atoms with E-state index in [1.807, 2.05) is 27.2 Å². The Morgan fingerprint density at radius 1 is 0.686 bits per heavy atom. The smallest absolute Gasteiger partial charge is 0.268 e. The molecule has 3 unspecified atom stereocenters. The van der Waals surface area contributed by atoms with Crippen LogP contribution in [0, 0.1) is 0 Å². The number of hydrogen-bond donors (Lipinski definition) is 2. The summed E-state index contributed by atoms with van der Waals surface area (Å²) in [5, 5.41) is 13.7. The molecule has 0 aliphatic heterocycles. The van der Waals surface area contributed by atoms with Gasteiger partial charge in [0, 0.05) is 6.42 Å². The number of aliphatic hydroxyl groups excluding tert-OH is 1. The summed E-state index contributed by atoms with van der Waals surface area (Å²) in [5.74, 6) is -0.231. The molecule has 8 nitrogen and oxygen atoms in total. The highest BCUT2D eigenvalue weighted by molar-refractivity contribution is 7.45. The number of phosphoric acid groups is 1. The average molecular weight is 737 g/mol. The van der Waals surface area contributed by atoms with Crippen molar-refractivity contribution in [2.75, 3.05) is 40.9 Å². The number of carbonyl (C=O) groups excluding carboxylic acids is 1. The molecule has 0 aromatic carbocycles. The van der Waals surface area contributed by atoms with Gasteiger partial charge in [-0.3, -0.25) is 9.36 Å². The number of allylic oxidation sites excluding steroid dienone is 9. The molecule has 3 atom stereocenters. The first-order valence-corrected chi connectivity index (χ1v) is 21.6. The van der Waals surface area contributed by atoms with Gasteiger partial charge >= 0.3 is 0 Å². The third kappa shape index (κ3) is 36.4. The zero-order valence-electron chi connectivity index (χ0n) is 33.3. The van der Waals surface area contributed by atoms with E-state index in [0.717, 1.165) is 77.0 Å². The summed E-state index contributed by atoms with van der Waals surface area (Å²) in [7, 11) is 1.21. The van der Waals surface area contributed by atoms with Gasteiger partial charge in [-0.1, -0.05) is 132 Å². The summed E-state index contributed by atoms with van der Waals surface area (Å²) in [6.07, 6.45) is 42.6. The summed E-state index contributed by atoms with van der Waals surface area (Å²) >= 11 is 0. The topological polar surface area (TPSA) is 108 Å². The number of amides is 1. The van der Waals surface area contributed by atoms with E-state index >= 15 is 0 Å². The molecule has 0 aromatic heterocycles. The predicted molar refractivity (Wildman–Crippen MR) is 214 cm³/mol.